The van der Waals surface area contributed by atoms with E-state index in [9.17, 15) is 9.59 Å². The number of methoxy groups -OCH3 is 3. The number of carbonyl (C=O) groups is 2. The van der Waals surface area contributed by atoms with Crippen LogP contribution in [0.4, 0.5) is 0 Å². The minimum atomic E-state index is -0.574. The Balaban J connectivity index is 2.39. The first-order valence-corrected chi connectivity index (χ1v) is 7.04. The first-order valence-electron chi connectivity index (χ1n) is 7.04. The summed E-state index contributed by atoms with van der Waals surface area (Å²) >= 11 is 0. The van der Waals surface area contributed by atoms with Gasteiger partial charge in [0.15, 0.2) is 0 Å². The summed E-state index contributed by atoms with van der Waals surface area (Å²) in [6.07, 6.45) is 0. The molecule has 0 N–H and O–H groups in total. The normalized spacial score (nSPS) is 10.6. The molecule has 0 aliphatic rings. The van der Waals surface area contributed by atoms with Crippen molar-refractivity contribution in [1.82, 2.24) is 9.97 Å². The molecule has 0 spiro atoms. The average molecular weight is 326 g/mol. The van der Waals surface area contributed by atoms with E-state index >= 15 is 0 Å². The number of ether oxygens (including phenoxy) is 3. The number of rotatable bonds is 3. The highest BCUT2D eigenvalue weighted by Crippen LogP contribution is 2.29. The van der Waals surface area contributed by atoms with Crippen LogP contribution in [0.3, 0.4) is 0 Å². The largest absolute Gasteiger partial charge is 0.496 e. The van der Waals surface area contributed by atoms with Gasteiger partial charge in [-0.3, -0.25) is 0 Å². The topological polar surface area (TPSA) is 87.6 Å². The van der Waals surface area contributed by atoms with Gasteiger partial charge in [-0.15, -0.1) is 0 Å². The van der Waals surface area contributed by atoms with E-state index in [2.05, 4.69) is 9.97 Å². The lowest BCUT2D eigenvalue weighted by Crippen LogP contribution is -2.08. The van der Waals surface area contributed by atoms with E-state index < -0.39 is 11.9 Å². The van der Waals surface area contributed by atoms with Gasteiger partial charge in [0.2, 0.25) is 0 Å². The van der Waals surface area contributed by atoms with Crippen LogP contribution in [0.2, 0.25) is 0 Å². The fraction of sp³-hybridized carbons (Fsp3) is 0.176. The highest BCUT2D eigenvalue weighted by Gasteiger charge is 2.21. The smallest absolute Gasteiger partial charge is 0.343 e. The van der Waals surface area contributed by atoms with E-state index in [0.717, 1.165) is 0 Å². The van der Waals surface area contributed by atoms with Gasteiger partial charge in [-0.05, 0) is 24.3 Å². The van der Waals surface area contributed by atoms with Crippen molar-refractivity contribution in [1.29, 1.82) is 0 Å². The third kappa shape index (κ3) is 2.40. The molecule has 3 aromatic rings. The van der Waals surface area contributed by atoms with Gasteiger partial charge in [0.1, 0.15) is 22.3 Å². The van der Waals surface area contributed by atoms with E-state index in [1.54, 1.807) is 30.3 Å². The van der Waals surface area contributed by atoms with Crippen molar-refractivity contribution in [3.8, 4) is 5.75 Å². The maximum atomic E-state index is 12.1. The molecule has 122 valence electrons. The summed E-state index contributed by atoms with van der Waals surface area (Å²) in [7, 11) is 4.04. The van der Waals surface area contributed by atoms with E-state index in [4.69, 9.17) is 14.2 Å². The predicted molar refractivity (Wildman–Crippen MR) is 86.3 cm³/mol. The number of nitrogens with zero attached hydrogens (tertiary/aromatic N) is 2. The molecule has 7 nitrogen and oxygen atoms in total. The standard InChI is InChI=1S/C17H14N2O5/c1-22-12-8-7-11-15(13(12)17(21)24-3)19-10-6-4-5-9(14(10)18-11)16(20)23-2/h4-8H,1-3H3. The Morgan fingerprint density at radius 3 is 2.17 bits per heavy atom. The molecule has 1 heterocycles. The van der Waals surface area contributed by atoms with Crippen molar-refractivity contribution in [2.24, 2.45) is 0 Å². The Kier molecular flexibility index (Phi) is 3.99. The van der Waals surface area contributed by atoms with Crippen molar-refractivity contribution >= 4 is 34.0 Å². The maximum absolute atomic E-state index is 12.1. The Morgan fingerprint density at radius 2 is 1.50 bits per heavy atom. The van der Waals surface area contributed by atoms with Crippen LogP contribution in [0.25, 0.3) is 22.1 Å². The van der Waals surface area contributed by atoms with Crippen LogP contribution in [0.5, 0.6) is 5.75 Å². The number of para-hydroxylation sites is 1. The monoisotopic (exact) mass is 326 g/mol. The number of esters is 2. The van der Waals surface area contributed by atoms with Crippen molar-refractivity contribution in [2.75, 3.05) is 21.3 Å². The molecule has 24 heavy (non-hydrogen) atoms. The Labute approximate surface area is 137 Å². The van der Waals surface area contributed by atoms with E-state index in [1.807, 2.05) is 0 Å². The highest BCUT2D eigenvalue weighted by atomic mass is 16.5. The van der Waals surface area contributed by atoms with E-state index in [-0.39, 0.29) is 5.56 Å². The minimum absolute atomic E-state index is 0.190. The third-order valence-corrected chi connectivity index (χ3v) is 3.61. The van der Waals surface area contributed by atoms with Gasteiger partial charge in [0, 0.05) is 0 Å². The van der Waals surface area contributed by atoms with Gasteiger partial charge in [0.25, 0.3) is 0 Å². The first-order chi connectivity index (χ1) is 11.6. The van der Waals surface area contributed by atoms with Gasteiger partial charge in [0.05, 0.1) is 37.9 Å². The molecule has 0 saturated carbocycles. The molecule has 1 aromatic heterocycles. The number of benzene rings is 2. The fourth-order valence-corrected chi connectivity index (χ4v) is 2.49. The lowest BCUT2D eigenvalue weighted by atomic mass is 10.1. The number of hydrogen-bond donors (Lipinski definition) is 0. The lowest BCUT2D eigenvalue weighted by Gasteiger charge is -2.11. The molecule has 2 aromatic carbocycles. The molecule has 0 amide bonds. The van der Waals surface area contributed by atoms with Crippen molar-refractivity contribution in [3.63, 3.8) is 0 Å². The molecule has 0 fully saturated rings. The third-order valence-electron chi connectivity index (χ3n) is 3.61. The average Bonchev–Trinajstić information content (AvgIpc) is 2.63. The van der Waals surface area contributed by atoms with E-state index in [1.165, 1.54) is 21.3 Å². The number of aromatic nitrogens is 2. The zero-order valence-corrected chi connectivity index (χ0v) is 13.3. The summed E-state index contributed by atoms with van der Waals surface area (Å²) in [4.78, 5) is 33.0. The van der Waals surface area contributed by atoms with Crippen LogP contribution in [-0.4, -0.2) is 43.2 Å². The molecule has 0 aliphatic heterocycles. The second-order valence-electron chi connectivity index (χ2n) is 4.89. The van der Waals surface area contributed by atoms with Gasteiger partial charge >= 0.3 is 11.9 Å². The molecule has 0 saturated heterocycles. The minimum Gasteiger partial charge on any atom is -0.496 e. The molecule has 3 rings (SSSR count). The zero-order valence-electron chi connectivity index (χ0n) is 13.3. The van der Waals surface area contributed by atoms with Crippen LogP contribution in [0, 0.1) is 0 Å². The van der Waals surface area contributed by atoms with Crippen molar-refractivity contribution in [2.45, 2.75) is 0 Å². The molecule has 0 bridgehead atoms. The number of carbonyl (C=O) groups excluding carboxylic acids is 2. The van der Waals surface area contributed by atoms with Gasteiger partial charge < -0.3 is 14.2 Å². The summed E-state index contributed by atoms with van der Waals surface area (Å²) < 4.78 is 14.8. The highest BCUT2D eigenvalue weighted by molar-refractivity contribution is 6.08. The Hall–Kier alpha value is -3.22. The lowest BCUT2D eigenvalue weighted by molar-refractivity contribution is 0.0591. The molecule has 7 heteroatoms. The molecule has 0 unspecified atom stereocenters. The summed E-state index contributed by atoms with van der Waals surface area (Å²) in [5, 5.41) is 0. The zero-order chi connectivity index (χ0) is 17.3. The summed E-state index contributed by atoms with van der Waals surface area (Å²) in [5.41, 5.74) is 2.15. The summed E-state index contributed by atoms with van der Waals surface area (Å²) in [6.45, 7) is 0. The van der Waals surface area contributed by atoms with Gasteiger partial charge in [-0.1, -0.05) is 6.07 Å². The molecular formula is C17H14N2O5. The quantitative estimate of drug-likeness (QED) is 0.539. The molecule has 0 radical (unpaired) electrons. The van der Waals surface area contributed by atoms with Crippen LogP contribution >= 0.6 is 0 Å². The Morgan fingerprint density at radius 1 is 0.833 bits per heavy atom. The number of fused-ring (bicyclic) bond motifs is 2. The molecule has 0 aliphatic carbocycles. The summed E-state index contributed by atoms with van der Waals surface area (Å²) in [6, 6.07) is 8.26. The SMILES string of the molecule is COC(=O)c1cccc2nc3c(C(=O)OC)c(OC)ccc3nc12. The maximum Gasteiger partial charge on any atom is 0.343 e. The van der Waals surface area contributed by atoms with Crippen LogP contribution < -0.4 is 4.74 Å². The first kappa shape index (κ1) is 15.7. The van der Waals surface area contributed by atoms with Crippen LogP contribution in [-0.2, 0) is 9.47 Å². The molecular weight excluding hydrogens is 312 g/mol. The second kappa shape index (κ2) is 6.11. The van der Waals surface area contributed by atoms with E-state index in [0.29, 0.717) is 33.4 Å². The number of hydrogen-bond acceptors (Lipinski definition) is 7. The second-order valence-corrected chi connectivity index (χ2v) is 4.89. The van der Waals surface area contributed by atoms with Crippen LogP contribution in [0.15, 0.2) is 30.3 Å². The van der Waals surface area contributed by atoms with Gasteiger partial charge in [-0.2, -0.15) is 0 Å². The summed E-state index contributed by atoms with van der Waals surface area (Å²) in [5.74, 6) is -0.738. The van der Waals surface area contributed by atoms with Crippen LogP contribution in [0.1, 0.15) is 20.7 Å². The Bertz CT molecular complexity index is 968. The fourth-order valence-electron chi connectivity index (χ4n) is 2.49. The predicted octanol–water partition coefficient (Wildman–Crippen LogP) is 2.36. The molecule has 0 atom stereocenters. The van der Waals surface area contributed by atoms with Crippen molar-refractivity contribution in [3.05, 3.63) is 41.5 Å². The van der Waals surface area contributed by atoms with Gasteiger partial charge in [-0.25, -0.2) is 19.6 Å². The van der Waals surface area contributed by atoms with Crippen molar-refractivity contribution < 1.29 is 23.8 Å².